The van der Waals surface area contributed by atoms with Crippen molar-refractivity contribution >= 4 is 11.6 Å². The van der Waals surface area contributed by atoms with E-state index < -0.39 is 0 Å². The Labute approximate surface area is 108 Å². The zero-order valence-corrected chi connectivity index (χ0v) is 11.6. The van der Waals surface area contributed by atoms with E-state index in [-0.39, 0.29) is 11.5 Å². The molecule has 1 aromatic rings. The molecule has 2 heterocycles. The molecule has 0 aromatic carbocycles. The molecule has 0 bridgehead atoms. The van der Waals surface area contributed by atoms with Crippen LogP contribution in [0.1, 0.15) is 31.7 Å². The topological polar surface area (TPSA) is 27.1 Å². The van der Waals surface area contributed by atoms with Crippen LogP contribution in [0.4, 0.5) is 0 Å². The third-order valence-electron chi connectivity index (χ3n) is 4.02. The summed E-state index contributed by atoms with van der Waals surface area (Å²) in [7, 11) is 2.01. The van der Waals surface area contributed by atoms with Crippen LogP contribution >= 0.6 is 11.6 Å². The molecule has 1 saturated heterocycles. The largest absolute Gasteiger partial charge is 0.378 e. The Balaban J connectivity index is 2.20. The van der Waals surface area contributed by atoms with Crippen LogP contribution in [0.25, 0.3) is 0 Å². The van der Waals surface area contributed by atoms with Crippen LogP contribution in [-0.2, 0) is 24.6 Å². The van der Waals surface area contributed by atoms with E-state index in [1.807, 2.05) is 11.7 Å². The highest BCUT2D eigenvalue weighted by molar-refractivity contribution is 6.18. The van der Waals surface area contributed by atoms with E-state index in [2.05, 4.69) is 25.0 Å². The number of alkyl halides is 1. The Bertz CT molecular complexity index is 391. The minimum atomic E-state index is 0.0837. The highest BCUT2D eigenvalue weighted by Gasteiger charge is 2.41. The molecular formula is C13H21ClN2O. The predicted octanol–water partition coefficient (Wildman–Crippen LogP) is 2.56. The summed E-state index contributed by atoms with van der Waals surface area (Å²) in [5, 5.41) is 4.49. The van der Waals surface area contributed by atoms with Gasteiger partial charge in [-0.3, -0.25) is 4.68 Å². The maximum atomic E-state index is 6.19. The van der Waals surface area contributed by atoms with Crippen molar-refractivity contribution in [2.24, 2.45) is 12.5 Å². The number of aryl methyl sites for hydroxylation is 2. The first-order valence-electron chi connectivity index (χ1n) is 6.30. The fraction of sp³-hybridized carbons (Fsp3) is 0.769. The molecule has 2 unspecified atom stereocenters. The van der Waals surface area contributed by atoms with Crippen LogP contribution in [0.2, 0.25) is 0 Å². The van der Waals surface area contributed by atoms with Crippen molar-refractivity contribution in [3.8, 4) is 0 Å². The Hall–Kier alpha value is -0.540. The van der Waals surface area contributed by atoms with Gasteiger partial charge in [-0.1, -0.05) is 6.92 Å². The number of hydrogen-bond acceptors (Lipinski definition) is 2. The molecular weight excluding hydrogens is 236 g/mol. The molecule has 0 spiro atoms. The van der Waals surface area contributed by atoms with Gasteiger partial charge in [0, 0.05) is 30.6 Å². The number of halogens is 1. The molecule has 0 amide bonds. The molecule has 1 aliphatic rings. The molecule has 1 aliphatic heterocycles. The van der Waals surface area contributed by atoms with Crippen LogP contribution in [0, 0.1) is 5.41 Å². The van der Waals surface area contributed by atoms with Gasteiger partial charge in [-0.25, -0.2) is 0 Å². The van der Waals surface area contributed by atoms with Gasteiger partial charge in [0.2, 0.25) is 0 Å². The fourth-order valence-electron chi connectivity index (χ4n) is 2.54. The number of rotatable bonds is 4. The summed E-state index contributed by atoms with van der Waals surface area (Å²) in [6, 6.07) is 2.19. The van der Waals surface area contributed by atoms with E-state index in [1.165, 1.54) is 5.69 Å². The van der Waals surface area contributed by atoms with Crippen molar-refractivity contribution in [3.05, 3.63) is 17.5 Å². The normalized spacial score (nSPS) is 28.8. The molecule has 0 saturated carbocycles. The van der Waals surface area contributed by atoms with Gasteiger partial charge in [0.05, 0.1) is 11.8 Å². The number of nitrogens with zero attached hydrogens (tertiary/aromatic N) is 2. The van der Waals surface area contributed by atoms with E-state index in [4.69, 9.17) is 16.3 Å². The molecule has 1 fully saturated rings. The lowest BCUT2D eigenvalue weighted by Crippen LogP contribution is -2.33. The van der Waals surface area contributed by atoms with Crippen molar-refractivity contribution in [3.63, 3.8) is 0 Å². The molecule has 3 nitrogen and oxygen atoms in total. The monoisotopic (exact) mass is 256 g/mol. The lowest BCUT2D eigenvalue weighted by molar-refractivity contribution is 0.0727. The second-order valence-electron chi connectivity index (χ2n) is 5.04. The second kappa shape index (κ2) is 4.99. The molecule has 17 heavy (non-hydrogen) atoms. The van der Waals surface area contributed by atoms with Gasteiger partial charge in [-0.15, -0.1) is 11.6 Å². The maximum absolute atomic E-state index is 6.19. The standard InChI is InChI=1S/C13H21ClN2O/c1-4-11-7-12(16(3)15-11)8-13(9-14)5-6-17-10(13)2/h7,10H,4-6,8-9H2,1-3H3. The van der Waals surface area contributed by atoms with Gasteiger partial charge in [0.15, 0.2) is 0 Å². The van der Waals surface area contributed by atoms with Crippen molar-refractivity contribution in [1.82, 2.24) is 9.78 Å². The molecule has 0 radical (unpaired) electrons. The molecule has 96 valence electrons. The lowest BCUT2D eigenvalue weighted by atomic mass is 9.79. The van der Waals surface area contributed by atoms with Gasteiger partial charge in [0.25, 0.3) is 0 Å². The second-order valence-corrected chi connectivity index (χ2v) is 5.31. The summed E-state index contributed by atoms with van der Waals surface area (Å²) in [5.74, 6) is 0.654. The van der Waals surface area contributed by atoms with Gasteiger partial charge in [-0.2, -0.15) is 5.10 Å². The van der Waals surface area contributed by atoms with Crippen LogP contribution < -0.4 is 0 Å². The average Bonchev–Trinajstić information content (AvgIpc) is 2.85. The summed E-state index contributed by atoms with van der Waals surface area (Å²) >= 11 is 6.19. The summed E-state index contributed by atoms with van der Waals surface area (Å²) in [4.78, 5) is 0. The summed E-state index contributed by atoms with van der Waals surface area (Å²) in [5.41, 5.74) is 2.50. The predicted molar refractivity (Wildman–Crippen MR) is 69.5 cm³/mol. The highest BCUT2D eigenvalue weighted by atomic mass is 35.5. The summed E-state index contributed by atoms with van der Waals surface area (Å²) in [6.07, 6.45) is 3.22. The van der Waals surface area contributed by atoms with E-state index in [9.17, 15) is 0 Å². The number of aromatic nitrogens is 2. The summed E-state index contributed by atoms with van der Waals surface area (Å²) in [6.45, 7) is 5.09. The third-order valence-corrected chi connectivity index (χ3v) is 4.55. The molecule has 4 heteroatoms. The van der Waals surface area contributed by atoms with Crippen molar-refractivity contribution in [2.75, 3.05) is 12.5 Å². The van der Waals surface area contributed by atoms with E-state index in [0.717, 1.165) is 31.6 Å². The Kier molecular flexibility index (Phi) is 3.79. The first-order valence-corrected chi connectivity index (χ1v) is 6.84. The maximum Gasteiger partial charge on any atom is 0.0624 e. The van der Waals surface area contributed by atoms with E-state index >= 15 is 0 Å². The van der Waals surface area contributed by atoms with Crippen LogP contribution in [0.3, 0.4) is 0 Å². The molecule has 2 rings (SSSR count). The van der Waals surface area contributed by atoms with Gasteiger partial charge < -0.3 is 4.74 Å². The number of ether oxygens (including phenoxy) is 1. The Morgan fingerprint density at radius 2 is 2.41 bits per heavy atom. The molecule has 0 aliphatic carbocycles. The first kappa shape index (κ1) is 12.9. The van der Waals surface area contributed by atoms with Crippen LogP contribution in [0.15, 0.2) is 6.07 Å². The Morgan fingerprint density at radius 3 is 2.88 bits per heavy atom. The first-order chi connectivity index (χ1) is 8.11. The van der Waals surface area contributed by atoms with E-state index in [0.29, 0.717) is 5.88 Å². The zero-order chi connectivity index (χ0) is 12.5. The van der Waals surface area contributed by atoms with Crippen molar-refractivity contribution in [1.29, 1.82) is 0 Å². The van der Waals surface area contributed by atoms with Gasteiger partial charge in [0.1, 0.15) is 0 Å². The summed E-state index contributed by atoms with van der Waals surface area (Å²) < 4.78 is 7.68. The minimum absolute atomic E-state index is 0.0837. The minimum Gasteiger partial charge on any atom is -0.378 e. The molecule has 0 N–H and O–H groups in total. The number of hydrogen-bond donors (Lipinski definition) is 0. The quantitative estimate of drug-likeness (QED) is 0.775. The lowest BCUT2D eigenvalue weighted by Gasteiger charge is -2.29. The Morgan fingerprint density at radius 1 is 1.65 bits per heavy atom. The van der Waals surface area contributed by atoms with Crippen LogP contribution in [0.5, 0.6) is 0 Å². The fourth-order valence-corrected chi connectivity index (χ4v) is 2.99. The SMILES string of the molecule is CCc1cc(CC2(CCl)CCOC2C)n(C)n1. The zero-order valence-electron chi connectivity index (χ0n) is 10.9. The van der Waals surface area contributed by atoms with Crippen molar-refractivity contribution < 1.29 is 4.74 Å². The van der Waals surface area contributed by atoms with Gasteiger partial charge in [-0.05, 0) is 32.3 Å². The average molecular weight is 257 g/mol. The highest BCUT2D eigenvalue weighted by Crippen LogP contribution is 2.39. The van der Waals surface area contributed by atoms with Gasteiger partial charge >= 0.3 is 0 Å². The van der Waals surface area contributed by atoms with Crippen molar-refractivity contribution in [2.45, 2.75) is 39.2 Å². The third kappa shape index (κ3) is 2.36. The molecule has 1 aromatic heterocycles. The van der Waals surface area contributed by atoms with E-state index in [1.54, 1.807) is 0 Å². The molecule has 2 atom stereocenters. The smallest absolute Gasteiger partial charge is 0.0624 e. The van der Waals surface area contributed by atoms with Crippen LogP contribution in [-0.4, -0.2) is 28.4 Å².